The van der Waals surface area contributed by atoms with Gasteiger partial charge in [0.05, 0.1) is 0 Å². The molecule has 0 spiro atoms. The summed E-state index contributed by atoms with van der Waals surface area (Å²) in [5, 5.41) is 10.7. The predicted molar refractivity (Wildman–Crippen MR) is 104 cm³/mol. The molecule has 0 amide bonds. The molecule has 1 aromatic rings. The van der Waals surface area contributed by atoms with E-state index in [1.807, 2.05) is 26.0 Å². The summed E-state index contributed by atoms with van der Waals surface area (Å²) < 4.78 is 5.42. The Labute approximate surface area is 153 Å². The van der Waals surface area contributed by atoms with Crippen LogP contribution in [0.1, 0.15) is 91.3 Å². The fourth-order valence-electron chi connectivity index (χ4n) is 2.83. The quantitative estimate of drug-likeness (QED) is 0.660. The van der Waals surface area contributed by atoms with Crippen LogP contribution in [0.25, 0.3) is 0 Å². The zero-order chi connectivity index (χ0) is 19.4. The van der Waals surface area contributed by atoms with Gasteiger partial charge in [-0.05, 0) is 46.8 Å². The number of carbonyl (C=O) groups is 1. The zero-order valence-electron chi connectivity index (χ0n) is 17.2. The Morgan fingerprint density at radius 3 is 1.76 bits per heavy atom. The first-order chi connectivity index (χ1) is 11.4. The molecule has 0 aromatic heterocycles. The molecule has 3 heteroatoms. The summed E-state index contributed by atoms with van der Waals surface area (Å²) in [6.07, 6.45) is 3.34. The van der Waals surface area contributed by atoms with E-state index >= 15 is 0 Å². The molecule has 1 radical (unpaired) electrons. The molecule has 0 saturated heterocycles. The standard InChI is InChI=1S/C22H35O3/c1-9-16(10-2)25-19(23)12-11-15-13-17(21(3,4)5)20(24)18(14-15)22(6,7)8/h13-14,24H,9-12H2,1-8H3. The van der Waals surface area contributed by atoms with Crippen molar-refractivity contribution in [3.05, 3.63) is 34.9 Å². The van der Waals surface area contributed by atoms with Crippen molar-refractivity contribution in [2.75, 3.05) is 0 Å². The van der Waals surface area contributed by atoms with Crippen molar-refractivity contribution in [2.45, 2.75) is 91.9 Å². The van der Waals surface area contributed by atoms with Gasteiger partial charge in [0.15, 0.2) is 6.10 Å². The molecule has 1 aromatic carbocycles. The second kappa shape index (κ2) is 8.25. The van der Waals surface area contributed by atoms with E-state index in [0.717, 1.165) is 35.6 Å². The van der Waals surface area contributed by atoms with Gasteiger partial charge in [-0.2, -0.15) is 0 Å². The lowest BCUT2D eigenvalue weighted by atomic mass is 9.78. The van der Waals surface area contributed by atoms with Crippen molar-refractivity contribution in [1.29, 1.82) is 0 Å². The largest absolute Gasteiger partial charge is 0.507 e. The van der Waals surface area contributed by atoms with Crippen LogP contribution in [0.15, 0.2) is 12.1 Å². The van der Waals surface area contributed by atoms with Crippen LogP contribution in [-0.2, 0) is 26.8 Å². The van der Waals surface area contributed by atoms with Gasteiger partial charge < -0.3 is 9.84 Å². The lowest BCUT2D eigenvalue weighted by Gasteiger charge is -2.28. The van der Waals surface area contributed by atoms with Gasteiger partial charge in [-0.1, -0.05) is 67.5 Å². The Balaban J connectivity index is 3.06. The normalized spacial score (nSPS) is 12.5. The maximum Gasteiger partial charge on any atom is 0.306 e. The molecule has 141 valence electrons. The number of benzene rings is 1. The van der Waals surface area contributed by atoms with E-state index in [4.69, 9.17) is 4.74 Å². The van der Waals surface area contributed by atoms with Gasteiger partial charge in [0.25, 0.3) is 0 Å². The highest BCUT2D eigenvalue weighted by Crippen LogP contribution is 2.40. The van der Waals surface area contributed by atoms with Gasteiger partial charge in [0.2, 0.25) is 0 Å². The van der Waals surface area contributed by atoms with Crippen LogP contribution in [0.5, 0.6) is 5.75 Å². The molecule has 1 rings (SSSR count). The second-order valence-corrected chi connectivity index (χ2v) is 8.76. The van der Waals surface area contributed by atoms with Crippen LogP contribution in [0.3, 0.4) is 0 Å². The van der Waals surface area contributed by atoms with Crippen molar-refractivity contribution >= 4 is 5.97 Å². The van der Waals surface area contributed by atoms with Gasteiger partial charge in [-0.15, -0.1) is 0 Å². The summed E-state index contributed by atoms with van der Waals surface area (Å²) in [6, 6.07) is 4.06. The zero-order valence-corrected chi connectivity index (χ0v) is 17.2. The molecular weight excluding hydrogens is 312 g/mol. The summed E-state index contributed by atoms with van der Waals surface area (Å²) in [5.41, 5.74) is 2.60. The van der Waals surface area contributed by atoms with Crippen LogP contribution in [0, 0.1) is 6.10 Å². The van der Waals surface area contributed by atoms with E-state index in [0.29, 0.717) is 18.6 Å². The number of phenolic OH excluding ortho intramolecular Hbond substituents is 1. The molecule has 0 aliphatic rings. The number of hydrogen-bond donors (Lipinski definition) is 1. The summed E-state index contributed by atoms with van der Waals surface area (Å²) in [5.74, 6) is 0.195. The fraction of sp³-hybridized carbons (Fsp3) is 0.636. The Morgan fingerprint density at radius 1 is 0.960 bits per heavy atom. The summed E-state index contributed by atoms with van der Waals surface area (Å²) in [6.45, 7) is 16.6. The van der Waals surface area contributed by atoms with Crippen molar-refractivity contribution < 1.29 is 14.6 Å². The number of esters is 1. The van der Waals surface area contributed by atoms with Gasteiger partial charge in [-0.25, -0.2) is 0 Å². The summed E-state index contributed by atoms with van der Waals surface area (Å²) in [7, 11) is 0. The third-order valence-corrected chi connectivity index (χ3v) is 4.45. The van der Waals surface area contributed by atoms with Gasteiger partial charge in [-0.3, -0.25) is 4.79 Å². The molecular formula is C22H35O3. The molecule has 0 atom stereocenters. The minimum Gasteiger partial charge on any atom is -0.507 e. The van der Waals surface area contributed by atoms with E-state index in [1.165, 1.54) is 0 Å². The first-order valence-corrected chi connectivity index (χ1v) is 9.32. The average Bonchev–Trinajstić information content (AvgIpc) is 2.49. The summed E-state index contributed by atoms with van der Waals surface area (Å²) in [4.78, 5) is 12.1. The van der Waals surface area contributed by atoms with E-state index in [-0.39, 0.29) is 16.8 Å². The van der Waals surface area contributed by atoms with Crippen LogP contribution >= 0.6 is 0 Å². The first-order valence-electron chi connectivity index (χ1n) is 9.32. The Morgan fingerprint density at radius 2 is 1.40 bits per heavy atom. The molecule has 25 heavy (non-hydrogen) atoms. The van der Waals surface area contributed by atoms with Gasteiger partial charge >= 0.3 is 5.97 Å². The number of rotatable bonds is 6. The monoisotopic (exact) mass is 347 g/mol. The number of carbonyl (C=O) groups excluding carboxylic acids is 1. The molecule has 0 aliphatic heterocycles. The SMILES string of the molecule is CC[C](CC)OC(=O)CCc1cc(C(C)(C)C)c(O)c(C(C)(C)C)c1. The number of aryl methyl sites for hydroxylation is 1. The van der Waals surface area contributed by atoms with Crippen LogP contribution in [0.2, 0.25) is 0 Å². The number of aromatic hydroxyl groups is 1. The van der Waals surface area contributed by atoms with Gasteiger partial charge in [0.1, 0.15) is 5.75 Å². The molecule has 0 fully saturated rings. The highest BCUT2D eigenvalue weighted by atomic mass is 16.5. The smallest absolute Gasteiger partial charge is 0.306 e. The maximum atomic E-state index is 12.1. The third kappa shape index (κ3) is 6.05. The number of hydrogen-bond acceptors (Lipinski definition) is 3. The van der Waals surface area contributed by atoms with Crippen molar-refractivity contribution in [2.24, 2.45) is 0 Å². The second-order valence-electron chi connectivity index (χ2n) is 8.76. The van der Waals surface area contributed by atoms with Crippen molar-refractivity contribution in [3.8, 4) is 5.75 Å². The summed E-state index contributed by atoms with van der Waals surface area (Å²) >= 11 is 0. The van der Waals surface area contributed by atoms with Crippen LogP contribution in [-0.4, -0.2) is 11.1 Å². The molecule has 3 nitrogen and oxygen atoms in total. The highest BCUT2D eigenvalue weighted by Gasteiger charge is 2.26. The average molecular weight is 348 g/mol. The molecule has 0 bridgehead atoms. The van der Waals surface area contributed by atoms with Crippen molar-refractivity contribution in [3.63, 3.8) is 0 Å². The predicted octanol–water partition coefficient (Wildman–Crippen LogP) is 5.81. The lowest BCUT2D eigenvalue weighted by molar-refractivity contribution is -0.143. The Hall–Kier alpha value is -1.51. The third-order valence-electron chi connectivity index (χ3n) is 4.45. The van der Waals surface area contributed by atoms with Crippen LogP contribution in [0.4, 0.5) is 0 Å². The lowest BCUT2D eigenvalue weighted by Crippen LogP contribution is -2.18. The maximum absolute atomic E-state index is 12.1. The van der Waals surface area contributed by atoms with E-state index < -0.39 is 0 Å². The first kappa shape index (κ1) is 21.5. The van der Waals surface area contributed by atoms with E-state index in [1.54, 1.807) is 0 Å². The number of phenols is 1. The van der Waals surface area contributed by atoms with E-state index in [2.05, 4.69) is 41.5 Å². The molecule has 0 unspecified atom stereocenters. The minimum atomic E-state index is -0.179. The minimum absolute atomic E-state index is 0.161. The molecule has 0 saturated carbocycles. The molecule has 0 aliphatic carbocycles. The number of ether oxygens (including phenoxy) is 1. The van der Waals surface area contributed by atoms with Gasteiger partial charge in [0, 0.05) is 6.42 Å². The topological polar surface area (TPSA) is 46.5 Å². The Kier molecular flexibility index (Phi) is 7.10. The Bertz CT molecular complexity index is 549. The fourth-order valence-corrected chi connectivity index (χ4v) is 2.83. The molecule has 0 heterocycles. The molecule has 1 N–H and O–H groups in total. The van der Waals surface area contributed by atoms with E-state index in [9.17, 15) is 9.90 Å². The van der Waals surface area contributed by atoms with Crippen molar-refractivity contribution in [1.82, 2.24) is 0 Å². The highest BCUT2D eigenvalue weighted by molar-refractivity contribution is 5.70. The van der Waals surface area contributed by atoms with Crippen LogP contribution < -0.4 is 0 Å².